The van der Waals surface area contributed by atoms with Crippen LogP contribution in [0.1, 0.15) is 43.8 Å². The van der Waals surface area contributed by atoms with E-state index in [-0.39, 0.29) is 0 Å². The molecule has 0 amide bonds. The minimum Gasteiger partial charge on any atom is -0.309 e. The number of hydrogen-bond donors (Lipinski definition) is 1. The lowest BCUT2D eigenvalue weighted by Gasteiger charge is -2.11. The standard InChI is InChI=1S/C9H17N3S/c1-4-6-10-7(3)9-8(5-2)11-12-13-9/h7,10H,4-6H2,1-3H3. The second-order valence-electron chi connectivity index (χ2n) is 3.11. The minimum absolute atomic E-state index is 0.398. The number of hydrogen-bond acceptors (Lipinski definition) is 4. The Balaban J connectivity index is 2.59. The Kier molecular flexibility index (Phi) is 4.32. The van der Waals surface area contributed by atoms with E-state index in [4.69, 9.17) is 0 Å². The largest absolute Gasteiger partial charge is 0.309 e. The summed E-state index contributed by atoms with van der Waals surface area (Å²) in [6.07, 6.45) is 2.14. The van der Waals surface area contributed by atoms with Crippen LogP contribution in [0.15, 0.2) is 0 Å². The van der Waals surface area contributed by atoms with Crippen molar-refractivity contribution in [2.75, 3.05) is 6.54 Å². The number of nitrogens with one attached hydrogen (secondary N) is 1. The summed E-state index contributed by atoms with van der Waals surface area (Å²) in [6, 6.07) is 0.398. The van der Waals surface area contributed by atoms with E-state index in [0.29, 0.717) is 6.04 Å². The maximum Gasteiger partial charge on any atom is 0.0800 e. The monoisotopic (exact) mass is 199 g/mol. The van der Waals surface area contributed by atoms with Crippen molar-refractivity contribution in [1.29, 1.82) is 0 Å². The van der Waals surface area contributed by atoms with Gasteiger partial charge in [0.05, 0.1) is 10.6 Å². The summed E-state index contributed by atoms with van der Waals surface area (Å²) in [5, 5.41) is 7.53. The van der Waals surface area contributed by atoms with Gasteiger partial charge < -0.3 is 5.32 Å². The zero-order valence-corrected chi connectivity index (χ0v) is 9.32. The van der Waals surface area contributed by atoms with E-state index in [1.165, 1.54) is 16.4 Å². The first-order chi connectivity index (χ1) is 6.29. The molecule has 1 rings (SSSR count). The highest BCUT2D eigenvalue weighted by molar-refractivity contribution is 7.05. The van der Waals surface area contributed by atoms with Crippen LogP contribution in [-0.4, -0.2) is 16.1 Å². The van der Waals surface area contributed by atoms with Gasteiger partial charge in [-0.25, -0.2) is 0 Å². The Morgan fingerprint density at radius 2 is 2.23 bits per heavy atom. The maximum absolute atomic E-state index is 4.09. The predicted octanol–water partition coefficient (Wildman–Crippen LogP) is 2.16. The lowest BCUT2D eigenvalue weighted by atomic mass is 10.2. The number of nitrogens with zero attached hydrogens (tertiary/aromatic N) is 2. The molecular weight excluding hydrogens is 182 g/mol. The van der Waals surface area contributed by atoms with Gasteiger partial charge in [0.15, 0.2) is 0 Å². The molecule has 0 saturated carbocycles. The molecule has 0 aliphatic rings. The highest BCUT2D eigenvalue weighted by Gasteiger charge is 2.12. The molecule has 74 valence electrons. The second-order valence-corrected chi connectivity index (χ2v) is 3.90. The molecule has 1 aromatic rings. The molecule has 0 saturated heterocycles. The molecule has 0 aliphatic carbocycles. The van der Waals surface area contributed by atoms with E-state index in [1.807, 2.05) is 0 Å². The highest BCUT2D eigenvalue weighted by atomic mass is 32.1. The van der Waals surface area contributed by atoms with Gasteiger partial charge in [-0.1, -0.05) is 18.3 Å². The van der Waals surface area contributed by atoms with Crippen LogP contribution in [0.4, 0.5) is 0 Å². The summed E-state index contributed by atoms with van der Waals surface area (Å²) in [4.78, 5) is 1.29. The molecule has 13 heavy (non-hydrogen) atoms. The highest BCUT2D eigenvalue weighted by Crippen LogP contribution is 2.19. The van der Waals surface area contributed by atoms with Crippen molar-refractivity contribution in [3.63, 3.8) is 0 Å². The topological polar surface area (TPSA) is 37.8 Å². The van der Waals surface area contributed by atoms with Crippen LogP contribution in [-0.2, 0) is 6.42 Å². The van der Waals surface area contributed by atoms with E-state index >= 15 is 0 Å². The number of rotatable bonds is 5. The Morgan fingerprint density at radius 1 is 1.46 bits per heavy atom. The van der Waals surface area contributed by atoms with Crippen LogP contribution < -0.4 is 5.32 Å². The Hall–Kier alpha value is -0.480. The molecule has 1 N–H and O–H groups in total. The van der Waals surface area contributed by atoms with Gasteiger partial charge in [0, 0.05) is 6.04 Å². The number of aryl methyl sites for hydroxylation is 1. The van der Waals surface area contributed by atoms with E-state index in [2.05, 4.69) is 35.7 Å². The smallest absolute Gasteiger partial charge is 0.0800 e. The zero-order valence-electron chi connectivity index (χ0n) is 8.50. The first-order valence-corrected chi connectivity index (χ1v) is 5.61. The van der Waals surface area contributed by atoms with E-state index in [9.17, 15) is 0 Å². The summed E-state index contributed by atoms with van der Waals surface area (Å²) in [5.74, 6) is 0. The van der Waals surface area contributed by atoms with Crippen molar-refractivity contribution in [3.05, 3.63) is 10.6 Å². The summed E-state index contributed by atoms with van der Waals surface area (Å²) in [6.45, 7) is 7.52. The Morgan fingerprint density at radius 3 is 2.85 bits per heavy atom. The molecule has 0 spiro atoms. The van der Waals surface area contributed by atoms with Crippen LogP contribution in [0, 0.1) is 0 Å². The lowest BCUT2D eigenvalue weighted by molar-refractivity contribution is 0.573. The summed E-state index contributed by atoms with van der Waals surface area (Å²) in [5.41, 5.74) is 1.14. The first-order valence-electron chi connectivity index (χ1n) is 4.84. The zero-order chi connectivity index (χ0) is 9.68. The molecule has 1 atom stereocenters. The molecule has 0 aromatic carbocycles. The van der Waals surface area contributed by atoms with Crippen molar-refractivity contribution < 1.29 is 0 Å². The van der Waals surface area contributed by atoms with Gasteiger partial charge in [0.2, 0.25) is 0 Å². The molecule has 1 heterocycles. The molecule has 4 heteroatoms. The average molecular weight is 199 g/mol. The fraction of sp³-hybridized carbons (Fsp3) is 0.778. The van der Waals surface area contributed by atoms with Crippen LogP contribution >= 0.6 is 11.5 Å². The van der Waals surface area contributed by atoms with Crippen molar-refractivity contribution in [1.82, 2.24) is 14.9 Å². The van der Waals surface area contributed by atoms with Gasteiger partial charge in [-0.2, -0.15) is 0 Å². The summed E-state index contributed by atoms with van der Waals surface area (Å²) >= 11 is 1.51. The van der Waals surface area contributed by atoms with E-state index in [0.717, 1.165) is 25.1 Å². The quantitative estimate of drug-likeness (QED) is 0.789. The average Bonchev–Trinajstić information content (AvgIpc) is 2.61. The Bertz CT molecular complexity index is 247. The van der Waals surface area contributed by atoms with Gasteiger partial charge in [0.25, 0.3) is 0 Å². The minimum atomic E-state index is 0.398. The summed E-state index contributed by atoms with van der Waals surface area (Å²) in [7, 11) is 0. The fourth-order valence-electron chi connectivity index (χ4n) is 1.24. The fourth-order valence-corrected chi connectivity index (χ4v) is 2.00. The number of aromatic nitrogens is 2. The van der Waals surface area contributed by atoms with Crippen LogP contribution in [0.25, 0.3) is 0 Å². The second kappa shape index (κ2) is 5.29. The van der Waals surface area contributed by atoms with Gasteiger partial charge in [0.1, 0.15) is 0 Å². The van der Waals surface area contributed by atoms with Crippen molar-refractivity contribution >= 4 is 11.5 Å². The molecule has 0 bridgehead atoms. The van der Waals surface area contributed by atoms with Gasteiger partial charge in [-0.15, -0.1) is 5.10 Å². The Labute approximate surface area is 83.7 Å². The van der Waals surface area contributed by atoms with Crippen molar-refractivity contribution in [2.45, 2.75) is 39.7 Å². The first kappa shape index (κ1) is 10.6. The van der Waals surface area contributed by atoms with Crippen LogP contribution in [0.3, 0.4) is 0 Å². The van der Waals surface area contributed by atoms with Gasteiger partial charge >= 0.3 is 0 Å². The molecule has 0 aliphatic heterocycles. The van der Waals surface area contributed by atoms with Gasteiger partial charge in [-0.05, 0) is 37.8 Å². The molecule has 0 fully saturated rings. The third-order valence-corrected chi connectivity index (χ3v) is 2.96. The van der Waals surface area contributed by atoms with Gasteiger partial charge in [-0.3, -0.25) is 0 Å². The van der Waals surface area contributed by atoms with E-state index < -0.39 is 0 Å². The van der Waals surface area contributed by atoms with E-state index in [1.54, 1.807) is 0 Å². The van der Waals surface area contributed by atoms with Crippen molar-refractivity contribution in [2.24, 2.45) is 0 Å². The molecule has 1 unspecified atom stereocenters. The molecule has 0 radical (unpaired) electrons. The maximum atomic E-state index is 4.09. The van der Waals surface area contributed by atoms with Crippen molar-refractivity contribution in [3.8, 4) is 0 Å². The third-order valence-electron chi connectivity index (χ3n) is 2.01. The van der Waals surface area contributed by atoms with Crippen LogP contribution in [0.5, 0.6) is 0 Å². The SMILES string of the molecule is CCCNC(C)c1snnc1CC. The predicted molar refractivity (Wildman–Crippen MR) is 56.0 cm³/mol. The molecule has 1 aromatic heterocycles. The molecular formula is C9H17N3S. The normalized spacial score (nSPS) is 13.2. The summed E-state index contributed by atoms with van der Waals surface area (Å²) < 4.78 is 3.97. The molecule has 3 nitrogen and oxygen atoms in total. The van der Waals surface area contributed by atoms with Crippen LogP contribution in [0.2, 0.25) is 0 Å². The third kappa shape index (κ3) is 2.74. The lowest BCUT2D eigenvalue weighted by Crippen LogP contribution is -2.19.